The van der Waals surface area contributed by atoms with E-state index in [2.05, 4.69) is 41.4 Å². The fraction of sp³-hybridized carbons (Fsp3) is 0.353. The lowest BCUT2D eigenvalue weighted by molar-refractivity contribution is -0.114. The molecule has 1 saturated heterocycles. The van der Waals surface area contributed by atoms with Crippen LogP contribution >= 0.6 is 15.9 Å². The number of halogens is 1. The van der Waals surface area contributed by atoms with Crippen LogP contribution in [-0.2, 0) is 4.79 Å². The Bertz CT molecular complexity index is 725. The van der Waals surface area contributed by atoms with Gasteiger partial charge in [-0.25, -0.2) is 9.97 Å². The topological polar surface area (TPSA) is 90.4 Å². The van der Waals surface area contributed by atoms with Crippen molar-refractivity contribution in [2.45, 2.75) is 18.9 Å². The van der Waals surface area contributed by atoms with Gasteiger partial charge in [0.15, 0.2) is 0 Å². The summed E-state index contributed by atoms with van der Waals surface area (Å²) in [5.41, 5.74) is 0.737. The predicted molar refractivity (Wildman–Crippen MR) is 101 cm³/mol. The van der Waals surface area contributed by atoms with Crippen LogP contribution in [0.4, 0.5) is 17.3 Å². The second-order valence-electron chi connectivity index (χ2n) is 5.84. The van der Waals surface area contributed by atoms with Crippen LogP contribution in [0.5, 0.6) is 0 Å². The molecule has 0 bridgehead atoms. The summed E-state index contributed by atoms with van der Waals surface area (Å²) in [7, 11) is 0. The monoisotopic (exact) mass is 405 g/mol. The molecule has 1 aliphatic rings. The van der Waals surface area contributed by atoms with E-state index < -0.39 is 0 Å². The van der Waals surface area contributed by atoms with Gasteiger partial charge < -0.3 is 20.6 Å². The van der Waals surface area contributed by atoms with Gasteiger partial charge in [0.25, 0.3) is 0 Å². The maximum atomic E-state index is 12.0. The third kappa shape index (κ3) is 4.67. The van der Waals surface area contributed by atoms with Crippen molar-refractivity contribution in [1.82, 2.24) is 9.97 Å². The molecule has 132 valence electrons. The first-order chi connectivity index (χ1) is 12.2. The summed E-state index contributed by atoms with van der Waals surface area (Å²) in [4.78, 5) is 22.6. The Labute approximate surface area is 154 Å². The van der Waals surface area contributed by atoms with Crippen molar-refractivity contribution < 1.29 is 9.90 Å². The number of rotatable bonds is 6. The third-order valence-corrected chi connectivity index (χ3v) is 4.62. The highest BCUT2D eigenvalue weighted by molar-refractivity contribution is 9.10. The molecule has 1 amide bonds. The summed E-state index contributed by atoms with van der Waals surface area (Å²) in [5.74, 6) is 1.19. The molecule has 1 fully saturated rings. The van der Waals surface area contributed by atoms with Crippen LogP contribution in [0.15, 0.2) is 41.1 Å². The summed E-state index contributed by atoms with van der Waals surface area (Å²) in [5, 5.41) is 15.3. The van der Waals surface area contributed by atoms with Gasteiger partial charge in [-0.3, -0.25) is 4.79 Å². The Morgan fingerprint density at radius 1 is 1.32 bits per heavy atom. The van der Waals surface area contributed by atoms with Crippen molar-refractivity contribution in [2.75, 3.05) is 35.2 Å². The maximum absolute atomic E-state index is 12.0. The van der Waals surface area contributed by atoms with E-state index in [0.29, 0.717) is 5.82 Å². The van der Waals surface area contributed by atoms with Crippen LogP contribution in [0.2, 0.25) is 0 Å². The smallest absolute Gasteiger partial charge is 0.243 e. The fourth-order valence-electron chi connectivity index (χ4n) is 2.84. The lowest BCUT2D eigenvalue weighted by Gasteiger charge is -2.24. The largest absolute Gasteiger partial charge is 0.394 e. The Balaban J connectivity index is 1.57. The molecule has 25 heavy (non-hydrogen) atoms. The molecule has 3 N–H and O–H groups in total. The van der Waals surface area contributed by atoms with Gasteiger partial charge in [-0.05, 0) is 37.1 Å². The van der Waals surface area contributed by atoms with E-state index in [1.54, 1.807) is 6.07 Å². The lowest BCUT2D eigenvalue weighted by Crippen LogP contribution is -2.32. The number of hydrogen-bond acceptors (Lipinski definition) is 6. The molecule has 2 aromatic rings. The number of amides is 1. The molecule has 2 heterocycles. The number of nitrogens with zero attached hydrogens (tertiary/aromatic N) is 3. The second-order valence-corrected chi connectivity index (χ2v) is 6.76. The van der Waals surface area contributed by atoms with Crippen molar-refractivity contribution >= 4 is 39.2 Å². The molecule has 1 aromatic heterocycles. The van der Waals surface area contributed by atoms with E-state index in [1.165, 1.54) is 6.33 Å². The minimum Gasteiger partial charge on any atom is -0.394 e. The fourth-order valence-corrected chi connectivity index (χ4v) is 3.10. The molecule has 1 aromatic carbocycles. The molecule has 7 nitrogen and oxygen atoms in total. The highest BCUT2D eigenvalue weighted by Gasteiger charge is 2.25. The number of anilines is 3. The zero-order chi connectivity index (χ0) is 17.6. The van der Waals surface area contributed by atoms with E-state index >= 15 is 0 Å². The maximum Gasteiger partial charge on any atom is 0.243 e. The van der Waals surface area contributed by atoms with Crippen LogP contribution in [0.1, 0.15) is 12.8 Å². The predicted octanol–water partition coefficient (Wildman–Crippen LogP) is 2.25. The van der Waals surface area contributed by atoms with Gasteiger partial charge >= 0.3 is 0 Å². The minimum atomic E-state index is -0.156. The standard InChI is InChI=1S/C17H20BrN5O2/c18-12-3-5-13(6-4-12)22-17(25)9-19-15-8-16(21-11-20-15)23-7-1-2-14(23)10-24/h3-6,8,11,14,24H,1-2,7,9-10H2,(H,22,25)(H,19,20,21). The molecule has 0 saturated carbocycles. The number of aromatic nitrogens is 2. The van der Waals surface area contributed by atoms with Gasteiger partial charge in [0.1, 0.15) is 18.0 Å². The molecule has 1 unspecified atom stereocenters. The molecular formula is C17H20BrN5O2. The second kappa shape index (κ2) is 8.26. The normalized spacial score (nSPS) is 16.7. The first-order valence-electron chi connectivity index (χ1n) is 8.14. The van der Waals surface area contributed by atoms with Gasteiger partial charge in [0, 0.05) is 22.8 Å². The molecule has 0 radical (unpaired) electrons. The Morgan fingerprint density at radius 3 is 2.88 bits per heavy atom. The third-order valence-electron chi connectivity index (χ3n) is 4.09. The average Bonchev–Trinajstić information content (AvgIpc) is 3.11. The summed E-state index contributed by atoms with van der Waals surface area (Å²) >= 11 is 3.36. The van der Waals surface area contributed by atoms with Crippen molar-refractivity contribution in [2.24, 2.45) is 0 Å². The summed E-state index contributed by atoms with van der Waals surface area (Å²) in [6, 6.07) is 9.30. The van der Waals surface area contributed by atoms with Gasteiger partial charge in [-0.2, -0.15) is 0 Å². The Kier molecular flexibility index (Phi) is 5.83. The van der Waals surface area contributed by atoms with Crippen LogP contribution in [-0.4, -0.2) is 46.7 Å². The van der Waals surface area contributed by atoms with Gasteiger partial charge in [0.05, 0.1) is 19.2 Å². The van der Waals surface area contributed by atoms with Crippen LogP contribution in [0.25, 0.3) is 0 Å². The minimum absolute atomic E-state index is 0.100. The quantitative estimate of drug-likeness (QED) is 0.682. The number of hydrogen-bond donors (Lipinski definition) is 3. The molecule has 3 rings (SSSR count). The SMILES string of the molecule is O=C(CNc1cc(N2CCCC2CO)ncn1)Nc1ccc(Br)cc1. The van der Waals surface area contributed by atoms with Crippen LogP contribution < -0.4 is 15.5 Å². The average molecular weight is 406 g/mol. The van der Waals surface area contributed by atoms with Gasteiger partial charge in [0.2, 0.25) is 5.91 Å². The van der Waals surface area contributed by atoms with Crippen LogP contribution in [0, 0.1) is 0 Å². The zero-order valence-corrected chi connectivity index (χ0v) is 15.2. The number of nitrogens with one attached hydrogen (secondary N) is 2. The highest BCUT2D eigenvalue weighted by Crippen LogP contribution is 2.24. The summed E-state index contributed by atoms with van der Waals surface area (Å²) < 4.78 is 0.959. The van der Waals surface area contributed by atoms with Crippen molar-refractivity contribution in [3.8, 4) is 0 Å². The molecule has 0 spiro atoms. The van der Waals surface area contributed by atoms with E-state index in [-0.39, 0.29) is 25.1 Å². The van der Waals surface area contributed by atoms with Crippen molar-refractivity contribution in [3.05, 3.63) is 41.1 Å². The Morgan fingerprint density at radius 2 is 2.12 bits per heavy atom. The number of carbonyl (C=O) groups is 1. The lowest BCUT2D eigenvalue weighted by atomic mass is 10.2. The van der Waals surface area contributed by atoms with Crippen LogP contribution in [0.3, 0.4) is 0 Å². The highest BCUT2D eigenvalue weighted by atomic mass is 79.9. The van der Waals surface area contributed by atoms with E-state index in [9.17, 15) is 9.90 Å². The zero-order valence-electron chi connectivity index (χ0n) is 13.7. The molecule has 8 heteroatoms. The molecule has 0 aliphatic carbocycles. The van der Waals surface area contributed by atoms with Crippen molar-refractivity contribution in [1.29, 1.82) is 0 Å². The van der Waals surface area contributed by atoms with Gasteiger partial charge in [-0.15, -0.1) is 0 Å². The number of aliphatic hydroxyl groups excluding tert-OH is 1. The van der Waals surface area contributed by atoms with Crippen molar-refractivity contribution in [3.63, 3.8) is 0 Å². The molecule has 1 aliphatic heterocycles. The number of aliphatic hydroxyl groups is 1. The van der Waals surface area contributed by atoms with E-state index in [4.69, 9.17) is 0 Å². The summed E-state index contributed by atoms with van der Waals surface area (Å²) in [6.07, 6.45) is 3.46. The number of benzene rings is 1. The first-order valence-corrected chi connectivity index (χ1v) is 8.94. The van der Waals surface area contributed by atoms with Gasteiger partial charge in [-0.1, -0.05) is 15.9 Å². The Hall–Kier alpha value is -2.19. The molecule has 1 atom stereocenters. The summed E-state index contributed by atoms with van der Waals surface area (Å²) in [6.45, 7) is 1.09. The van der Waals surface area contributed by atoms with E-state index in [0.717, 1.165) is 35.4 Å². The first kappa shape index (κ1) is 17.6. The number of carbonyl (C=O) groups excluding carboxylic acids is 1. The molecular weight excluding hydrogens is 386 g/mol. The van der Waals surface area contributed by atoms with E-state index in [1.807, 2.05) is 24.3 Å².